The van der Waals surface area contributed by atoms with Crippen LogP contribution < -0.4 is 10.6 Å². The van der Waals surface area contributed by atoms with Crippen LogP contribution in [0.5, 0.6) is 0 Å². The van der Waals surface area contributed by atoms with Gasteiger partial charge in [0.15, 0.2) is 0 Å². The van der Waals surface area contributed by atoms with Crippen LogP contribution >= 0.6 is 11.6 Å². The largest absolute Gasteiger partial charge is 0.322 e. The van der Waals surface area contributed by atoms with Crippen LogP contribution in [0.25, 0.3) is 5.69 Å². The van der Waals surface area contributed by atoms with Crippen molar-refractivity contribution < 1.29 is 9.59 Å². The summed E-state index contributed by atoms with van der Waals surface area (Å²) in [4.78, 5) is 28.0. The molecule has 0 saturated carbocycles. The van der Waals surface area contributed by atoms with E-state index >= 15 is 0 Å². The van der Waals surface area contributed by atoms with Gasteiger partial charge in [0.2, 0.25) is 5.91 Å². The number of aryl methyl sites for hydroxylation is 1. The number of para-hydroxylation sites is 1. The smallest absolute Gasteiger partial charge is 0.315 e. The molecule has 0 atom stereocenters. The van der Waals surface area contributed by atoms with Gasteiger partial charge in [-0.05, 0) is 49.6 Å². The molecule has 1 heterocycles. The number of unbranched alkanes of at least 4 members (excludes halogenated alkanes) is 2. The SMILES string of the molecule is CCCCCN(CC(=O)Nc1cc(C(C)(C)C)nn1-c1ccccc1Cl)C(=O)Nc1cccc(C)c1C. The van der Waals surface area contributed by atoms with Crippen LogP contribution in [0.3, 0.4) is 0 Å². The molecule has 0 aliphatic heterocycles. The minimum Gasteiger partial charge on any atom is -0.315 e. The number of hydrogen-bond donors (Lipinski definition) is 2. The fourth-order valence-corrected chi connectivity index (χ4v) is 4.10. The molecule has 0 aliphatic carbocycles. The van der Waals surface area contributed by atoms with Crippen molar-refractivity contribution >= 4 is 35.0 Å². The predicted molar refractivity (Wildman–Crippen MR) is 152 cm³/mol. The third-order valence-electron chi connectivity index (χ3n) is 6.33. The van der Waals surface area contributed by atoms with E-state index in [0.717, 1.165) is 41.8 Å². The van der Waals surface area contributed by atoms with Gasteiger partial charge in [-0.3, -0.25) is 4.79 Å². The first-order valence-corrected chi connectivity index (χ1v) is 13.2. The summed E-state index contributed by atoms with van der Waals surface area (Å²) in [5, 5.41) is 11.2. The molecule has 7 nitrogen and oxygen atoms in total. The van der Waals surface area contributed by atoms with Crippen molar-refractivity contribution in [2.75, 3.05) is 23.7 Å². The fraction of sp³-hybridized carbons (Fsp3) is 0.414. The van der Waals surface area contributed by atoms with E-state index in [4.69, 9.17) is 16.7 Å². The Kier molecular flexibility index (Phi) is 9.38. The summed E-state index contributed by atoms with van der Waals surface area (Å²) < 4.78 is 1.65. The zero-order valence-corrected chi connectivity index (χ0v) is 23.4. The maximum atomic E-state index is 13.3. The Balaban J connectivity index is 1.83. The molecule has 1 aromatic heterocycles. The van der Waals surface area contributed by atoms with Crippen molar-refractivity contribution in [1.29, 1.82) is 0 Å². The number of anilines is 2. The Bertz CT molecular complexity index is 1250. The van der Waals surface area contributed by atoms with Crippen molar-refractivity contribution in [3.05, 3.63) is 70.4 Å². The number of carbonyl (C=O) groups is 2. The van der Waals surface area contributed by atoms with E-state index in [1.807, 2.05) is 56.3 Å². The van der Waals surface area contributed by atoms with Crippen molar-refractivity contribution in [1.82, 2.24) is 14.7 Å². The topological polar surface area (TPSA) is 79.3 Å². The summed E-state index contributed by atoms with van der Waals surface area (Å²) in [6, 6.07) is 14.7. The van der Waals surface area contributed by atoms with Gasteiger partial charge < -0.3 is 15.5 Å². The molecule has 0 bridgehead atoms. The zero-order chi connectivity index (χ0) is 27.2. The van der Waals surface area contributed by atoms with Crippen molar-refractivity contribution in [2.24, 2.45) is 0 Å². The lowest BCUT2D eigenvalue weighted by Crippen LogP contribution is -2.41. The number of amides is 3. The summed E-state index contributed by atoms with van der Waals surface area (Å²) >= 11 is 6.45. The Labute approximate surface area is 225 Å². The average Bonchev–Trinajstić information content (AvgIpc) is 3.25. The molecule has 198 valence electrons. The molecule has 0 aliphatic rings. The summed E-state index contributed by atoms with van der Waals surface area (Å²) in [5.74, 6) is 0.202. The van der Waals surface area contributed by atoms with Crippen LogP contribution in [0.4, 0.5) is 16.3 Å². The quantitative estimate of drug-likeness (QED) is 0.293. The van der Waals surface area contributed by atoms with Crippen LogP contribution in [-0.2, 0) is 10.2 Å². The molecule has 0 unspecified atom stereocenters. The monoisotopic (exact) mass is 523 g/mol. The molecule has 37 heavy (non-hydrogen) atoms. The van der Waals surface area contributed by atoms with Crippen LogP contribution in [0, 0.1) is 13.8 Å². The average molecular weight is 524 g/mol. The number of rotatable bonds is 9. The third kappa shape index (κ3) is 7.35. The van der Waals surface area contributed by atoms with E-state index in [-0.39, 0.29) is 23.9 Å². The number of hydrogen-bond acceptors (Lipinski definition) is 3. The van der Waals surface area contributed by atoms with Gasteiger partial charge in [-0.15, -0.1) is 0 Å². The van der Waals surface area contributed by atoms with E-state index in [2.05, 4.69) is 38.3 Å². The second-order valence-electron chi connectivity index (χ2n) is 10.4. The number of benzene rings is 2. The van der Waals surface area contributed by atoms with E-state index in [9.17, 15) is 9.59 Å². The second kappa shape index (κ2) is 12.3. The van der Waals surface area contributed by atoms with Crippen molar-refractivity contribution in [3.63, 3.8) is 0 Å². The lowest BCUT2D eigenvalue weighted by atomic mass is 9.92. The number of nitrogens with zero attached hydrogens (tertiary/aromatic N) is 3. The first kappa shape index (κ1) is 28.3. The standard InChI is InChI=1S/C29H38ClN5O2/c1-7-8-11-17-34(28(37)31-23-15-12-13-20(2)21(23)3)19-27(36)32-26-18-25(29(4,5)6)33-35(26)24-16-10-9-14-22(24)30/h9-10,12-16,18H,7-8,11,17,19H2,1-6H3,(H,31,37)(H,32,36). The fourth-order valence-electron chi connectivity index (χ4n) is 3.89. The molecule has 0 spiro atoms. The highest BCUT2D eigenvalue weighted by molar-refractivity contribution is 6.32. The van der Waals surface area contributed by atoms with Crippen LogP contribution in [0.15, 0.2) is 48.5 Å². The van der Waals surface area contributed by atoms with Crippen molar-refractivity contribution in [2.45, 2.75) is 66.2 Å². The number of halogens is 1. The lowest BCUT2D eigenvalue weighted by Gasteiger charge is -2.23. The van der Waals surface area contributed by atoms with Crippen LogP contribution in [-0.4, -0.2) is 39.7 Å². The zero-order valence-electron chi connectivity index (χ0n) is 22.7. The number of aromatic nitrogens is 2. The van der Waals surface area contributed by atoms with Gasteiger partial charge >= 0.3 is 6.03 Å². The summed E-state index contributed by atoms with van der Waals surface area (Å²) in [6.45, 7) is 12.7. The normalized spacial score (nSPS) is 11.3. The molecule has 8 heteroatoms. The van der Waals surface area contributed by atoms with Crippen LogP contribution in [0.2, 0.25) is 5.02 Å². The summed E-state index contributed by atoms with van der Waals surface area (Å²) in [5.41, 5.74) is 4.10. The first-order valence-electron chi connectivity index (χ1n) is 12.8. The minimum absolute atomic E-state index is 0.0844. The Morgan fingerprint density at radius 3 is 2.43 bits per heavy atom. The molecule has 0 radical (unpaired) electrons. The molecule has 0 saturated heterocycles. The molecular weight excluding hydrogens is 486 g/mol. The van der Waals surface area contributed by atoms with Gasteiger partial charge in [0.1, 0.15) is 12.4 Å². The number of carbonyl (C=O) groups excluding carboxylic acids is 2. The van der Waals surface area contributed by atoms with E-state index in [1.54, 1.807) is 15.6 Å². The van der Waals surface area contributed by atoms with E-state index in [0.29, 0.717) is 23.1 Å². The molecule has 0 fully saturated rings. The molecule has 2 aromatic carbocycles. The number of urea groups is 1. The maximum Gasteiger partial charge on any atom is 0.322 e. The van der Waals surface area contributed by atoms with Gasteiger partial charge in [-0.25, -0.2) is 9.48 Å². The van der Waals surface area contributed by atoms with Crippen LogP contribution in [0.1, 0.15) is 63.8 Å². The highest BCUT2D eigenvalue weighted by Crippen LogP contribution is 2.29. The molecular formula is C29H38ClN5O2. The third-order valence-corrected chi connectivity index (χ3v) is 6.65. The highest BCUT2D eigenvalue weighted by atomic mass is 35.5. The van der Waals surface area contributed by atoms with Gasteiger partial charge in [-0.1, -0.05) is 76.4 Å². The van der Waals surface area contributed by atoms with E-state index in [1.165, 1.54) is 0 Å². The molecule has 3 amide bonds. The summed E-state index contributed by atoms with van der Waals surface area (Å²) in [7, 11) is 0. The Morgan fingerprint density at radius 2 is 1.76 bits per heavy atom. The highest BCUT2D eigenvalue weighted by Gasteiger charge is 2.24. The molecule has 3 aromatic rings. The predicted octanol–water partition coefficient (Wildman–Crippen LogP) is 7.10. The number of nitrogens with one attached hydrogen (secondary N) is 2. The lowest BCUT2D eigenvalue weighted by molar-refractivity contribution is -0.116. The summed E-state index contributed by atoms with van der Waals surface area (Å²) in [6.07, 6.45) is 2.81. The van der Waals surface area contributed by atoms with E-state index < -0.39 is 0 Å². The molecule has 3 rings (SSSR count). The Morgan fingerprint density at radius 1 is 1.03 bits per heavy atom. The Hall–Kier alpha value is -3.32. The first-order chi connectivity index (χ1) is 17.5. The van der Waals surface area contributed by atoms with Gasteiger partial charge in [-0.2, -0.15) is 5.10 Å². The minimum atomic E-state index is -0.304. The van der Waals surface area contributed by atoms with Gasteiger partial charge in [0.25, 0.3) is 0 Å². The second-order valence-corrected chi connectivity index (χ2v) is 10.8. The van der Waals surface area contributed by atoms with Crippen molar-refractivity contribution in [3.8, 4) is 5.69 Å². The maximum absolute atomic E-state index is 13.3. The van der Waals surface area contributed by atoms with Gasteiger partial charge in [0.05, 0.1) is 16.4 Å². The van der Waals surface area contributed by atoms with Gasteiger partial charge in [0, 0.05) is 23.7 Å². The molecule has 2 N–H and O–H groups in total.